The van der Waals surface area contributed by atoms with Crippen LogP contribution in [0.15, 0.2) is 24.3 Å². The molecule has 3 N–H and O–H groups in total. The Bertz CT molecular complexity index is 379. The maximum atomic E-state index is 13.3. The molecule has 0 saturated heterocycles. The van der Waals surface area contributed by atoms with Gasteiger partial charge in [0.15, 0.2) is 0 Å². The van der Waals surface area contributed by atoms with E-state index in [0.29, 0.717) is 18.5 Å². The van der Waals surface area contributed by atoms with Crippen LogP contribution in [0, 0.1) is 11.7 Å². The van der Waals surface area contributed by atoms with Crippen molar-refractivity contribution in [3.63, 3.8) is 0 Å². The third-order valence-corrected chi connectivity index (χ3v) is 2.85. The summed E-state index contributed by atoms with van der Waals surface area (Å²) in [6.45, 7) is 4.00. The summed E-state index contributed by atoms with van der Waals surface area (Å²) in [5.41, 5.74) is 6.24. The summed E-state index contributed by atoms with van der Waals surface area (Å²) in [6.07, 6.45) is 0.490. The highest BCUT2D eigenvalue weighted by Gasteiger charge is 2.16. The number of rotatable bonds is 5. The van der Waals surface area contributed by atoms with Crippen LogP contribution < -0.4 is 11.1 Å². The van der Waals surface area contributed by atoms with E-state index in [-0.39, 0.29) is 23.7 Å². The van der Waals surface area contributed by atoms with E-state index >= 15 is 0 Å². The number of carbonyl (C=O) groups excluding carboxylic acids is 1. The van der Waals surface area contributed by atoms with Crippen molar-refractivity contribution >= 4 is 5.91 Å². The molecule has 0 aliphatic rings. The quantitative estimate of drug-likeness (QED) is 0.816. The Morgan fingerprint density at radius 2 is 2.06 bits per heavy atom. The zero-order valence-corrected chi connectivity index (χ0v) is 10.2. The second kappa shape index (κ2) is 6.35. The molecule has 0 spiro atoms. The zero-order valence-electron chi connectivity index (χ0n) is 10.2. The first-order chi connectivity index (χ1) is 8.02. The first kappa shape index (κ1) is 13.6. The van der Waals surface area contributed by atoms with E-state index in [1.165, 1.54) is 6.07 Å². The molecule has 1 aromatic rings. The van der Waals surface area contributed by atoms with Crippen molar-refractivity contribution in [1.82, 2.24) is 5.32 Å². The fourth-order valence-corrected chi connectivity index (χ4v) is 1.42. The molecule has 0 aliphatic heterocycles. The van der Waals surface area contributed by atoms with Crippen molar-refractivity contribution in [2.75, 3.05) is 6.54 Å². The smallest absolute Gasteiger partial charge is 0.224 e. The second-order valence-corrected chi connectivity index (χ2v) is 4.28. The van der Waals surface area contributed by atoms with E-state index < -0.39 is 0 Å². The molecular formula is C13H19FN2O. The largest absolute Gasteiger partial charge is 0.355 e. The van der Waals surface area contributed by atoms with E-state index in [9.17, 15) is 9.18 Å². The molecule has 17 heavy (non-hydrogen) atoms. The average molecular weight is 238 g/mol. The molecule has 0 fully saturated rings. The third-order valence-electron chi connectivity index (χ3n) is 2.85. The molecule has 0 aliphatic carbocycles. The highest BCUT2D eigenvalue weighted by atomic mass is 19.1. The normalized spacial score (nSPS) is 14.1. The predicted molar refractivity (Wildman–Crippen MR) is 65.9 cm³/mol. The van der Waals surface area contributed by atoms with Crippen LogP contribution in [0.2, 0.25) is 0 Å². The van der Waals surface area contributed by atoms with Crippen molar-refractivity contribution < 1.29 is 9.18 Å². The summed E-state index contributed by atoms with van der Waals surface area (Å²) in [6, 6.07) is 6.39. The average Bonchev–Trinajstić information content (AvgIpc) is 2.30. The summed E-state index contributed by atoms with van der Waals surface area (Å²) in [7, 11) is 0. The number of amides is 1. The Kier molecular flexibility index (Phi) is 5.10. The van der Waals surface area contributed by atoms with Crippen LogP contribution in [0.25, 0.3) is 0 Å². The highest BCUT2D eigenvalue weighted by molar-refractivity contribution is 5.78. The predicted octanol–water partition coefficient (Wildman–Crippen LogP) is 1.47. The van der Waals surface area contributed by atoms with Crippen LogP contribution in [0.5, 0.6) is 0 Å². The standard InChI is InChI=1S/C13H19FN2O/c1-9(10(2)15)13(17)16-8-7-11-5-3-4-6-12(11)14/h3-6,9-10H,7-8,15H2,1-2H3,(H,16,17). The highest BCUT2D eigenvalue weighted by Crippen LogP contribution is 2.06. The lowest BCUT2D eigenvalue weighted by atomic mass is 10.0. The van der Waals surface area contributed by atoms with E-state index in [4.69, 9.17) is 5.73 Å². The van der Waals surface area contributed by atoms with Gasteiger partial charge in [-0.05, 0) is 25.0 Å². The molecule has 1 aromatic carbocycles. The Morgan fingerprint density at radius 3 is 2.65 bits per heavy atom. The Hall–Kier alpha value is -1.42. The third kappa shape index (κ3) is 4.15. The minimum Gasteiger partial charge on any atom is -0.355 e. The van der Waals surface area contributed by atoms with Gasteiger partial charge in [-0.2, -0.15) is 0 Å². The molecule has 2 unspecified atom stereocenters. The molecular weight excluding hydrogens is 219 g/mol. The van der Waals surface area contributed by atoms with Gasteiger partial charge in [0.1, 0.15) is 5.82 Å². The van der Waals surface area contributed by atoms with Crippen molar-refractivity contribution in [3.8, 4) is 0 Å². The lowest BCUT2D eigenvalue weighted by Gasteiger charge is -2.15. The minimum absolute atomic E-state index is 0.0867. The Labute approximate surface area is 101 Å². The van der Waals surface area contributed by atoms with Crippen molar-refractivity contribution in [3.05, 3.63) is 35.6 Å². The van der Waals surface area contributed by atoms with Crippen LogP contribution >= 0.6 is 0 Å². The van der Waals surface area contributed by atoms with Crippen molar-refractivity contribution in [1.29, 1.82) is 0 Å². The van der Waals surface area contributed by atoms with Gasteiger partial charge in [0.25, 0.3) is 0 Å². The van der Waals surface area contributed by atoms with Crippen LogP contribution in [0.3, 0.4) is 0 Å². The lowest BCUT2D eigenvalue weighted by molar-refractivity contribution is -0.124. The maximum Gasteiger partial charge on any atom is 0.224 e. The number of halogens is 1. The Morgan fingerprint density at radius 1 is 1.41 bits per heavy atom. The molecule has 1 rings (SSSR count). The number of benzene rings is 1. The van der Waals surface area contributed by atoms with Gasteiger partial charge in [0.2, 0.25) is 5.91 Å². The fraction of sp³-hybridized carbons (Fsp3) is 0.462. The molecule has 94 valence electrons. The molecule has 4 heteroatoms. The molecule has 2 atom stereocenters. The monoisotopic (exact) mass is 238 g/mol. The summed E-state index contributed by atoms with van der Waals surface area (Å²) in [5, 5.41) is 2.75. The van der Waals surface area contributed by atoms with Crippen LogP contribution in [-0.2, 0) is 11.2 Å². The first-order valence-electron chi connectivity index (χ1n) is 5.79. The van der Waals surface area contributed by atoms with Crippen LogP contribution in [-0.4, -0.2) is 18.5 Å². The second-order valence-electron chi connectivity index (χ2n) is 4.28. The van der Waals surface area contributed by atoms with Gasteiger partial charge in [-0.1, -0.05) is 25.1 Å². The van der Waals surface area contributed by atoms with Gasteiger partial charge in [-0.25, -0.2) is 4.39 Å². The molecule has 0 radical (unpaired) electrons. The maximum absolute atomic E-state index is 13.3. The van der Waals surface area contributed by atoms with Gasteiger partial charge < -0.3 is 11.1 Å². The number of nitrogens with two attached hydrogens (primary N) is 1. The van der Waals surface area contributed by atoms with Gasteiger partial charge in [-0.15, -0.1) is 0 Å². The van der Waals surface area contributed by atoms with Crippen molar-refractivity contribution in [2.24, 2.45) is 11.7 Å². The summed E-state index contributed by atoms with van der Waals surface area (Å²) < 4.78 is 13.3. The van der Waals surface area contributed by atoms with Gasteiger partial charge in [-0.3, -0.25) is 4.79 Å². The molecule has 0 bridgehead atoms. The number of carbonyl (C=O) groups is 1. The van der Waals surface area contributed by atoms with Gasteiger partial charge in [0, 0.05) is 18.5 Å². The molecule has 3 nitrogen and oxygen atoms in total. The lowest BCUT2D eigenvalue weighted by Crippen LogP contribution is -2.39. The van der Waals surface area contributed by atoms with Gasteiger partial charge >= 0.3 is 0 Å². The molecule has 1 amide bonds. The fourth-order valence-electron chi connectivity index (χ4n) is 1.42. The van der Waals surface area contributed by atoms with Crippen molar-refractivity contribution in [2.45, 2.75) is 26.3 Å². The van der Waals surface area contributed by atoms with E-state index in [2.05, 4.69) is 5.32 Å². The van der Waals surface area contributed by atoms with E-state index in [0.717, 1.165) is 0 Å². The summed E-state index contributed by atoms with van der Waals surface area (Å²) >= 11 is 0. The molecule has 0 saturated carbocycles. The van der Waals surface area contributed by atoms with Crippen LogP contribution in [0.1, 0.15) is 19.4 Å². The van der Waals surface area contributed by atoms with E-state index in [1.54, 1.807) is 32.0 Å². The number of hydrogen-bond donors (Lipinski definition) is 2. The van der Waals surface area contributed by atoms with Gasteiger partial charge in [0.05, 0.1) is 0 Å². The first-order valence-corrected chi connectivity index (χ1v) is 5.79. The van der Waals surface area contributed by atoms with E-state index in [1.807, 2.05) is 0 Å². The minimum atomic E-state index is -0.234. The number of nitrogens with one attached hydrogen (secondary N) is 1. The van der Waals surface area contributed by atoms with Crippen LogP contribution in [0.4, 0.5) is 4.39 Å². The topological polar surface area (TPSA) is 55.1 Å². The number of hydrogen-bond acceptors (Lipinski definition) is 2. The molecule has 0 heterocycles. The summed E-state index contributed by atoms with van der Waals surface area (Å²) in [4.78, 5) is 11.6. The zero-order chi connectivity index (χ0) is 12.8. The molecule has 0 aromatic heterocycles. The SMILES string of the molecule is CC(N)C(C)C(=O)NCCc1ccccc1F. The Balaban J connectivity index is 2.38. The summed E-state index contributed by atoms with van der Waals surface area (Å²) in [5.74, 6) is -0.547.